The van der Waals surface area contributed by atoms with E-state index in [1.54, 1.807) is 51.8 Å². The number of allylic oxidation sites excluding steroid dienone is 3. The van der Waals surface area contributed by atoms with E-state index in [4.69, 9.17) is 15.9 Å². The van der Waals surface area contributed by atoms with Gasteiger partial charge < -0.3 is 39.2 Å². The number of nitrogens with two attached hydrogens (primary N) is 1. The average Bonchev–Trinajstić information content (AvgIpc) is 1.72. The number of carbonyl (C=O) groups is 3. The van der Waals surface area contributed by atoms with Crippen molar-refractivity contribution in [2.24, 2.45) is 5.73 Å². The van der Waals surface area contributed by atoms with E-state index < -0.39 is 23.6 Å². The molecule has 0 saturated heterocycles. The van der Waals surface area contributed by atoms with E-state index in [0.717, 1.165) is 49.1 Å². The van der Waals surface area contributed by atoms with Crippen LogP contribution in [0.4, 0.5) is 27.5 Å². The number of nitrogens with zero attached hydrogens (tertiary/aromatic N) is 7. The second-order valence-corrected chi connectivity index (χ2v) is 21.8. The normalized spacial score (nSPS) is 16.8. The van der Waals surface area contributed by atoms with Gasteiger partial charge in [-0.15, -0.1) is 32.9 Å². The Balaban J connectivity index is 0.000000240. The Labute approximate surface area is 535 Å². The number of benzene rings is 3. The summed E-state index contributed by atoms with van der Waals surface area (Å²) in [5.74, 6) is 1.92. The summed E-state index contributed by atoms with van der Waals surface area (Å²) in [6.45, 7) is 26.7. The van der Waals surface area contributed by atoms with Gasteiger partial charge in [0.15, 0.2) is 0 Å². The van der Waals surface area contributed by atoms with Crippen LogP contribution in [0, 0.1) is 12.8 Å². The maximum atomic E-state index is 13.2. The molecule has 0 unspecified atom stereocenters. The molecule has 89 heavy (non-hydrogen) atoms. The Morgan fingerprint density at radius 2 is 1.35 bits per heavy atom. The molecule has 0 bridgehead atoms. The number of amidine groups is 1. The molecular weight excluding hydrogens is 1220 g/mol. The van der Waals surface area contributed by atoms with Crippen molar-refractivity contribution in [3.8, 4) is 0 Å². The summed E-state index contributed by atoms with van der Waals surface area (Å²) in [5, 5.41) is 19.5. The number of para-hydroxylation sites is 1. The summed E-state index contributed by atoms with van der Waals surface area (Å²) in [5.41, 5.74) is 8.40. The molecule has 0 spiro atoms. The van der Waals surface area contributed by atoms with E-state index in [2.05, 4.69) is 76.0 Å². The minimum atomic E-state index is -0.671. The van der Waals surface area contributed by atoms with Crippen LogP contribution in [-0.2, 0) is 53.3 Å². The third-order valence-corrected chi connectivity index (χ3v) is 15.6. The maximum Gasteiger partial charge on any atom is 0.415 e. The van der Waals surface area contributed by atoms with Crippen molar-refractivity contribution < 1.29 is 39.5 Å². The van der Waals surface area contributed by atoms with Crippen LogP contribution in [0.15, 0.2) is 181 Å². The zero-order valence-corrected chi connectivity index (χ0v) is 53.0. The van der Waals surface area contributed by atoms with Crippen molar-refractivity contribution in [1.29, 1.82) is 5.41 Å². The summed E-state index contributed by atoms with van der Waals surface area (Å²) < 4.78 is 10.2. The fraction of sp³-hybridized carbons (Fsp3) is 0.338. The fourth-order valence-corrected chi connectivity index (χ4v) is 11.4. The van der Waals surface area contributed by atoms with Gasteiger partial charge in [-0.3, -0.25) is 48.0 Å². The number of nitrogen functional groups attached to an aromatic ring is 1. The first-order valence-corrected chi connectivity index (χ1v) is 29.5. The Hall–Kier alpha value is -9.06. The Bertz CT molecular complexity index is 3610. The predicted octanol–water partition coefficient (Wildman–Crippen LogP) is 11.0. The Kier molecular flexibility index (Phi) is 26.9. The van der Waals surface area contributed by atoms with Crippen molar-refractivity contribution in [3.05, 3.63) is 239 Å². The topological polar surface area (TPSA) is 266 Å². The third kappa shape index (κ3) is 17.0. The zero-order chi connectivity index (χ0) is 62.6. The number of fused-ring (bicyclic) bond motifs is 3. The van der Waals surface area contributed by atoms with Crippen LogP contribution in [0.1, 0.15) is 143 Å². The molecule has 21 heteroatoms. The zero-order valence-electron chi connectivity index (χ0n) is 51.4. The van der Waals surface area contributed by atoms with E-state index in [-0.39, 0.29) is 98.9 Å². The average molecular weight is 1300 g/mol. The van der Waals surface area contributed by atoms with E-state index in [1.165, 1.54) is 21.9 Å². The van der Waals surface area contributed by atoms with Crippen molar-refractivity contribution in [2.75, 3.05) is 40.5 Å². The largest absolute Gasteiger partial charge is 0.444 e. The van der Waals surface area contributed by atoms with Gasteiger partial charge >= 0.3 is 6.09 Å². The molecule has 6 aromatic rings. The van der Waals surface area contributed by atoms with Crippen molar-refractivity contribution in [3.63, 3.8) is 0 Å². The minimum Gasteiger partial charge on any atom is -0.444 e. The van der Waals surface area contributed by atoms with Gasteiger partial charge in [0.2, 0.25) is 11.8 Å². The van der Waals surface area contributed by atoms with Crippen molar-refractivity contribution in [2.45, 2.75) is 127 Å². The summed E-state index contributed by atoms with van der Waals surface area (Å²) in [4.78, 5) is 93.2. The first kappa shape index (κ1) is 70.7. The van der Waals surface area contributed by atoms with Gasteiger partial charge in [-0.2, -0.15) is 0 Å². The maximum absolute atomic E-state index is 13.2. The first-order chi connectivity index (χ1) is 42.1. The van der Waals surface area contributed by atoms with Gasteiger partial charge in [0, 0.05) is 81.1 Å². The van der Waals surface area contributed by atoms with Crippen LogP contribution in [0.25, 0.3) is 0 Å². The first-order valence-electron chi connectivity index (χ1n) is 29.5. The van der Waals surface area contributed by atoms with E-state index in [9.17, 15) is 28.8 Å². The number of ether oxygens (including phenoxy) is 1. The summed E-state index contributed by atoms with van der Waals surface area (Å²) in [7, 11) is 0. The van der Waals surface area contributed by atoms with Crippen LogP contribution < -0.4 is 48.6 Å². The summed E-state index contributed by atoms with van der Waals surface area (Å²) in [6, 6.07) is 24.6. The molecular formula is C68H84N13O7Pd-. The number of carbonyl (C=O) groups excluding carboxylic acids is 3. The molecule has 0 saturated carbocycles. The molecule has 6 heterocycles. The molecule has 3 amide bonds. The number of nitrogens with one attached hydrogen (secondary N) is 5. The Morgan fingerprint density at radius 3 is 1.97 bits per heavy atom. The molecule has 5 atom stereocenters. The molecule has 3 aliphatic heterocycles. The molecule has 9 rings (SSSR count). The van der Waals surface area contributed by atoms with Crippen molar-refractivity contribution >= 4 is 46.5 Å². The van der Waals surface area contributed by atoms with Crippen LogP contribution in [-0.4, -0.2) is 72.0 Å². The van der Waals surface area contributed by atoms with E-state index in [1.807, 2.05) is 92.7 Å². The van der Waals surface area contributed by atoms with Crippen LogP contribution in [0.2, 0.25) is 0 Å². The van der Waals surface area contributed by atoms with Gasteiger partial charge in [0.25, 0.3) is 16.7 Å². The summed E-state index contributed by atoms with van der Waals surface area (Å²) in [6.07, 6.45) is 19.3. The molecule has 0 radical (unpaired) electrons. The molecule has 0 fully saturated rings. The van der Waals surface area contributed by atoms with Crippen LogP contribution >= 0.6 is 0 Å². The predicted molar refractivity (Wildman–Crippen MR) is 351 cm³/mol. The summed E-state index contributed by atoms with van der Waals surface area (Å²) >= 11 is 0. The number of hydrogen-bond donors (Lipinski definition) is 6. The monoisotopic (exact) mass is 1300 g/mol. The number of hydrogen-bond acceptors (Lipinski definition) is 13. The van der Waals surface area contributed by atoms with Crippen LogP contribution in [0.5, 0.6) is 0 Å². The van der Waals surface area contributed by atoms with Gasteiger partial charge in [0.1, 0.15) is 59.1 Å². The van der Waals surface area contributed by atoms with Gasteiger partial charge in [-0.05, 0) is 81.5 Å². The molecule has 3 aromatic carbocycles. The van der Waals surface area contributed by atoms with Gasteiger partial charge in [-0.1, -0.05) is 123 Å². The van der Waals surface area contributed by atoms with Crippen molar-refractivity contribution in [1.82, 2.24) is 34.0 Å². The molecule has 3 aromatic heterocycles. The quantitative estimate of drug-likeness (QED) is 0.0102. The smallest absolute Gasteiger partial charge is 0.415 e. The number of aromatic nitrogens is 6. The fourth-order valence-electron chi connectivity index (χ4n) is 11.4. The molecule has 7 N–H and O–H groups in total. The standard InChI is InChI=1S/C23H26N4O2.C22H30N6O2.C22H25N3O3.CH3.Pd/c1-4-12-23(13-5-2)15-19(20(28)26-17-10-8-7-9-11-17)27-21(29)18(24-14-6-3)16-25-22(23)27;1-3-5-16-11-18(28-20(16)26-13-17(22(28)30)25-10-4-2)21(29)27-12-14-6-8-15(9-7-14)19(23)24;1-4-9-18-13-16(3)25-20(18)23-14-19(21(25)26)24(12-5-2)22(27)28-15-17-10-7-6-8-11-17;;/h4-11,16,19,24H,1-3,12-15H2,(H,26,28);6-9,13,16,18,25H,3-5,10-12H2,1-2H3,(H3,23,24)(H,27,29);4-8,10-11,14,16,18H,1-2,9,12-13,15H2,3H3;1H3;/q;;;-1;/t19-;16-,18+;16-,18-;;/m011../s1. The number of rotatable bonds is 25. The molecule has 474 valence electrons. The van der Waals surface area contributed by atoms with E-state index in [0.29, 0.717) is 79.6 Å². The van der Waals surface area contributed by atoms with Crippen LogP contribution in [0.3, 0.4) is 0 Å². The van der Waals surface area contributed by atoms with E-state index >= 15 is 0 Å². The molecule has 0 aliphatic carbocycles. The van der Waals surface area contributed by atoms with Gasteiger partial charge in [-0.25, -0.2) is 19.7 Å². The minimum absolute atomic E-state index is 0. The molecule has 20 nitrogen and oxygen atoms in total. The second-order valence-electron chi connectivity index (χ2n) is 21.8. The number of amides is 3. The number of anilines is 4. The third-order valence-electron chi connectivity index (χ3n) is 15.6. The van der Waals surface area contributed by atoms with Gasteiger partial charge in [0.05, 0.1) is 18.6 Å². The SMILES string of the molecule is C=CCNc1cnc2n(c1=O)[C@H](C(=O)Nc1ccccc1)CC2(CC=C)CC=C.C=CC[C@@H]1C[C@@H](C)n2c1ncc(N(CC=C)C(=O)OCc1ccccc1)c2=O.CCCNc1cnc2n(c1=O)[C@H](C(=O)NCc1ccc(C(=N)N)cc1)C[C@H]2CCC.[CH3-].[Pd]. The molecule has 3 aliphatic rings. The Morgan fingerprint density at radius 1 is 0.719 bits per heavy atom. The second kappa shape index (κ2) is 33.9.